The van der Waals surface area contributed by atoms with Crippen molar-refractivity contribution in [3.8, 4) is 0 Å². The van der Waals surface area contributed by atoms with Crippen LogP contribution in [0.3, 0.4) is 0 Å². The van der Waals surface area contributed by atoms with Crippen LogP contribution in [0.4, 0.5) is 15.9 Å². The zero-order valence-corrected chi connectivity index (χ0v) is 20.1. The third-order valence-electron chi connectivity index (χ3n) is 7.03. The third-order valence-corrected chi connectivity index (χ3v) is 7.03. The summed E-state index contributed by atoms with van der Waals surface area (Å²) >= 11 is 0. The number of carbonyl (C=O) groups is 1. The van der Waals surface area contributed by atoms with Gasteiger partial charge in [0.25, 0.3) is 5.71 Å². The van der Waals surface area contributed by atoms with E-state index in [0.717, 1.165) is 81.1 Å². The number of fused-ring (bicyclic) bond motifs is 1. The van der Waals surface area contributed by atoms with Gasteiger partial charge in [0.2, 0.25) is 5.91 Å². The van der Waals surface area contributed by atoms with Crippen molar-refractivity contribution in [3.63, 3.8) is 0 Å². The number of hydrogen-bond acceptors (Lipinski definition) is 8. The highest BCUT2D eigenvalue weighted by Gasteiger charge is 2.28. The van der Waals surface area contributed by atoms with Crippen LogP contribution in [0.2, 0.25) is 0 Å². The maximum atomic E-state index is 13.2. The summed E-state index contributed by atoms with van der Waals surface area (Å²) in [7, 11) is 0. The molecule has 4 heterocycles. The molecule has 10 heteroatoms. The first-order chi connectivity index (χ1) is 17.1. The molecule has 2 saturated heterocycles. The molecule has 9 nitrogen and oxygen atoms in total. The van der Waals surface area contributed by atoms with Gasteiger partial charge >= 0.3 is 0 Å². The number of piperazine rings is 1. The van der Waals surface area contributed by atoms with Crippen molar-refractivity contribution in [2.24, 2.45) is 5.92 Å². The summed E-state index contributed by atoms with van der Waals surface area (Å²) in [5.41, 5.74) is 2.32. The van der Waals surface area contributed by atoms with E-state index in [9.17, 15) is 9.18 Å². The van der Waals surface area contributed by atoms with Crippen molar-refractivity contribution in [2.75, 3.05) is 62.2 Å². The van der Waals surface area contributed by atoms with Crippen LogP contribution in [-0.4, -0.2) is 78.3 Å². The van der Waals surface area contributed by atoms with Crippen molar-refractivity contribution in [1.29, 1.82) is 0 Å². The van der Waals surface area contributed by atoms with E-state index in [2.05, 4.69) is 35.1 Å². The van der Waals surface area contributed by atoms with Gasteiger partial charge in [0.1, 0.15) is 23.3 Å². The summed E-state index contributed by atoms with van der Waals surface area (Å²) in [5.74, 6) is 0.648. The molecule has 2 aliphatic heterocycles. The van der Waals surface area contributed by atoms with Crippen LogP contribution in [0, 0.1) is 18.7 Å². The Bertz CT molecular complexity index is 1140. The Balaban J connectivity index is 1.05. The normalized spacial score (nSPS) is 19.3. The summed E-state index contributed by atoms with van der Waals surface area (Å²) in [6, 6.07) is 6.71. The van der Waals surface area contributed by atoms with Gasteiger partial charge in [-0.15, -0.1) is 0 Å². The van der Waals surface area contributed by atoms with Gasteiger partial charge < -0.3 is 19.6 Å². The van der Waals surface area contributed by atoms with E-state index >= 15 is 0 Å². The van der Waals surface area contributed by atoms with Gasteiger partial charge in [0, 0.05) is 51.5 Å². The maximum Gasteiger partial charge on any atom is 0.263 e. The topological polar surface area (TPSA) is 90.6 Å². The average molecular weight is 482 g/mol. The number of anilines is 2. The van der Waals surface area contributed by atoms with Crippen LogP contribution < -0.4 is 15.1 Å². The van der Waals surface area contributed by atoms with E-state index in [0.29, 0.717) is 18.8 Å². The van der Waals surface area contributed by atoms with Crippen LogP contribution in [0.15, 0.2) is 35.1 Å². The van der Waals surface area contributed by atoms with Crippen molar-refractivity contribution in [3.05, 3.63) is 42.1 Å². The fraction of sp³-hybridized carbons (Fsp3) is 0.520. The SMILES string of the molecule is Cc1noc2ncnc(N3CCC[C@@H](C(=O)NCCCN4CCN(c5ccc(F)cc5)CC4)C3)c12. The van der Waals surface area contributed by atoms with Gasteiger partial charge in [-0.1, -0.05) is 5.16 Å². The average Bonchev–Trinajstić information content (AvgIpc) is 3.28. The Morgan fingerprint density at radius 3 is 2.71 bits per heavy atom. The summed E-state index contributed by atoms with van der Waals surface area (Å²) in [6.45, 7) is 8.80. The molecule has 3 aromatic rings. The summed E-state index contributed by atoms with van der Waals surface area (Å²) in [6.07, 6.45) is 4.23. The molecule has 35 heavy (non-hydrogen) atoms. The molecule has 1 amide bonds. The van der Waals surface area contributed by atoms with Crippen molar-refractivity contribution in [2.45, 2.75) is 26.2 Å². The molecule has 0 saturated carbocycles. The number of aryl methyl sites for hydroxylation is 1. The van der Waals surface area contributed by atoms with E-state index in [4.69, 9.17) is 4.52 Å². The van der Waals surface area contributed by atoms with Crippen molar-refractivity contribution < 1.29 is 13.7 Å². The predicted molar refractivity (Wildman–Crippen MR) is 132 cm³/mol. The minimum absolute atomic E-state index is 0.0619. The van der Waals surface area contributed by atoms with Crippen LogP contribution >= 0.6 is 0 Å². The lowest BCUT2D eigenvalue weighted by Gasteiger charge is -2.36. The van der Waals surface area contributed by atoms with Gasteiger partial charge in [-0.2, -0.15) is 4.98 Å². The fourth-order valence-electron chi connectivity index (χ4n) is 5.07. The van der Waals surface area contributed by atoms with E-state index in [1.54, 1.807) is 0 Å². The Hall–Kier alpha value is -3.27. The first kappa shape index (κ1) is 23.5. The zero-order chi connectivity index (χ0) is 24.2. The van der Waals surface area contributed by atoms with Crippen LogP contribution in [-0.2, 0) is 4.79 Å². The quantitative estimate of drug-likeness (QED) is 0.515. The summed E-state index contributed by atoms with van der Waals surface area (Å²) < 4.78 is 18.4. The smallest absolute Gasteiger partial charge is 0.263 e. The molecule has 5 rings (SSSR count). The first-order valence-electron chi connectivity index (χ1n) is 12.4. The second kappa shape index (κ2) is 10.6. The van der Waals surface area contributed by atoms with E-state index in [1.807, 2.05) is 19.1 Å². The molecular weight excluding hydrogens is 449 g/mol. The number of nitrogens with zero attached hydrogens (tertiary/aromatic N) is 6. The minimum Gasteiger partial charge on any atom is -0.369 e. The molecule has 0 aliphatic carbocycles. The highest BCUT2D eigenvalue weighted by Crippen LogP contribution is 2.29. The molecule has 2 aromatic heterocycles. The number of aromatic nitrogens is 3. The molecule has 1 N–H and O–H groups in total. The number of rotatable bonds is 7. The van der Waals surface area contributed by atoms with Gasteiger partial charge in [-0.25, -0.2) is 9.37 Å². The van der Waals surface area contributed by atoms with Crippen LogP contribution in [0.1, 0.15) is 25.0 Å². The lowest BCUT2D eigenvalue weighted by atomic mass is 9.97. The lowest BCUT2D eigenvalue weighted by molar-refractivity contribution is -0.125. The Morgan fingerprint density at radius 1 is 1.11 bits per heavy atom. The first-order valence-corrected chi connectivity index (χ1v) is 12.4. The molecule has 0 bridgehead atoms. The molecule has 2 aliphatic rings. The summed E-state index contributed by atoms with van der Waals surface area (Å²) in [5, 5.41) is 7.99. The van der Waals surface area contributed by atoms with E-state index in [1.165, 1.54) is 18.5 Å². The van der Waals surface area contributed by atoms with Crippen molar-refractivity contribution >= 4 is 28.5 Å². The largest absolute Gasteiger partial charge is 0.369 e. The zero-order valence-electron chi connectivity index (χ0n) is 20.1. The van der Waals surface area contributed by atoms with Gasteiger partial charge in [0.15, 0.2) is 0 Å². The van der Waals surface area contributed by atoms with Gasteiger partial charge in [-0.3, -0.25) is 9.69 Å². The second-order valence-electron chi connectivity index (χ2n) is 9.38. The maximum absolute atomic E-state index is 13.2. The Kier molecular flexibility index (Phi) is 7.08. The molecular formula is C25H32FN7O2. The van der Waals surface area contributed by atoms with Crippen LogP contribution in [0.5, 0.6) is 0 Å². The number of amides is 1. The molecule has 0 radical (unpaired) electrons. The third kappa shape index (κ3) is 5.37. The molecule has 1 atom stereocenters. The monoisotopic (exact) mass is 481 g/mol. The number of carbonyl (C=O) groups excluding carboxylic acids is 1. The highest BCUT2D eigenvalue weighted by atomic mass is 19.1. The van der Waals surface area contributed by atoms with Gasteiger partial charge in [-0.05, 0) is 57.0 Å². The van der Waals surface area contributed by atoms with Gasteiger partial charge in [0.05, 0.1) is 11.6 Å². The molecule has 2 fully saturated rings. The van der Waals surface area contributed by atoms with Crippen molar-refractivity contribution in [1.82, 2.24) is 25.3 Å². The van der Waals surface area contributed by atoms with E-state index in [-0.39, 0.29) is 17.6 Å². The minimum atomic E-state index is -0.202. The summed E-state index contributed by atoms with van der Waals surface area (Å²) in [4.78, 5) is 28.4. The van der Waals surface area contributed by atoms with E-state index < -0.39 is 0 Å². The molecule has 1 aromatic carbocycles. The number of nitrogens with one attached hydrogen (secondary N) is 1. The lowest BCUT2D eigenvalue weighted by Crippen LogP contribution is -2.47. The highest BCUT2D eigenvalue weighted by molar-refractivity contribution is 5.88. The standard InChI is InChI=1S/C25H32FN7O2/c1-18-22-23(28-17-29-25(22)35-30-18)33-11-2-4-19(16-33)24(34)27-9-3-10-31-12-14-32(15-13-31)21-7-5-20(26)6-8-21/h5-8,17,19H,2-4,9-16H2,1H3,(H,27,34)/t19-/m1/s1. The predicted octanol–water partition coefficient (Wildman–Crippen LogP) is 2.61. The Labute approximate surface area is 204 Å². The Morgan fingerprint density at radius 2 is 1.91 bits per heavy atom. The molecule has 0 spiro atoms. The second-order valence-corrected chi connectivity index (χ2v) is 9.38. The fourth-order valence-corrected chi connectivity index (χ4v) is 5.07. The molecule has 186 valence electrons. The number of benzene rings is 1. The molecule has 0 unspecified atom stereocenters. The number of piperidine rings is 1. The van der Waals surface area contributed by atoms with Crippen LogP contribution in [0.25, 0.3) is 11.1 Å². The number of hydrogen-bond donors (Lipinski definition) is 1. The number of halogens is 1.